The number of hydrogen-bond donors (Lipinski definition) is 1. The van der Waals surface area contributed by atoms with Crippen LogP contribution >= 0.6 is 0 Å². The fourth-order valence-corrected chi connectivity index (χ4v) is 1.22. The van der Waals surface area contributed by atoms with E-state index in [-0.39, 0.29) is 12.0 Å². The topological polar surface area (TPSA) is 56.2 Å². The molecule has 0 radical (unpaired) electrons. The third-order valence-corrected chi connectivity index (χ3v) is 2.14. The summed E-state index contributed by atoms with van der Waals surface area (Å²) < 4.78 is 6.56. The van der Waals surface area contributed by atoms with E-state index in [1.165, 1.54) is 7.11 Å². The lowest BCUT2D eigenvalue weighted by Gasteiger charge is -2.14. The minimum atomic E-state index is -0.326. The molecule has 0 amide bonds. The third kappa shape index (κ3) is 2.32. The minimum absolute atomic E-state index is 0.263. The van der Waals surface area contributed by atoms with Gasteiger partial charge in [0.15, 0.2) is 0 Å². The van der Waals surface area contributed by atoms with E-state index in [4.69, 9.17) is 0 Å². The Morgan fingerprint density at radius 3 is 2.93 bits per heavy atom. The highest BCUT2D eigenvalue weighted by molar-refractivity contribution is 5.75. The molecule has 0 aliphatic carbocycles. The molecular weight excluding hydrogens is 182 g/mol. The smallest absolute Gasteiger partial charge is 0.324 e. The van der Waals surface area contributed by atoms with Crippen LogP contribution in [0.5, 0.6) is 0 Å². The normalized spacial score (nSPS) is 12.5. The zero-order valence-electron chi connectivity index (χ0n) is 8.65. The highest BCUT2D eigenvalue weighted by atomic mass is 16.5. The number of nitrogens with one attached hydrogen (secondary N) is 1. The Balaban J connectivity index is 2.66. The number of likely N-dealkylation sites (N-methyl/N-ethyl adjacent to an activating group) is 1. The van der Waals surface area contributed by atoms with E-state index < -0.39 is 0 Å². The van der Waals surface area contributed by atoms with Crippen LogP contribution in [-0.4, -0.2) is 35.7 Å². The molecule has 0 aromatic carbocycles. The van der Waals surface area contributed by atoms with Crippen LogP contribution in [-0.2, 0) is 16.1 Å². The Labute approximate surface area is 83.1 Å². The summed E-state index contributed by atoms with van der Waals surface area (Å²) in [5.41, 5.74) is 0. The lowest BCUT2D eigenvalue weighted by atomic mass is 10.3. The van der Waals surface area contributed by atoms with Gasteiger partial charge in [0.2, 0.25) is 0 Å². The van der Waals surface area contributed by atoms with Gasteiger partial charge in [0, 0.05) is 18.9 Å². The summed E-state index contributed by atoms with van der Waals surface area (Å²) in [6.07, 6.45) is 3.54. The van der Waals surface area contributed by atoms with Crippen LogP contribution in [0.4, 0.5) is 0 Å². The van der Waals surface area contributed by atoms with Crippen molar-refractivity contribution in [1.29, 1.82) is 0 Å². The molecule has 0 saturated heterocycles. The molecule has 1 unspecified atom stereocenters. The van der Waals surface area contributed by atoms with Gasteiger partial charge in [-0.15, -0.1) is 0 Å². The minimum Gasteiger partial charge on any atom is -0.468 e. The van der Waals surface area contributed by atoms with Gasteiger partial charge in [-0.05, 0) is 14.0 Å². The maximum Gasteiger partial charge on any atom is 0.324 e. The van der Waals surface area contributed by atoms with Gasteiger partial charge < -0.3 is 14.6 Å². The fraction of sp³-hybridized carbons (Fsp3) is 0.556. The molecule has 5 nitrogen and oxygen atoms in total. The van der Waals surface area contributed by atoms with Gasteiger partial charge in [-0.2, -0.15) is 0 Å². The van der Waals surface area contributed by atoms with Crippen molar-refractivity contribution in [2.75, 3.05) is 14.2 Å². The second kappa shape index (κ2) is 4.76. The molecule has 0 aliphatic heterocycles. The van der Waals surface area contributed by atoms with Crippen LogP contribution in [0.1, 0.15) is 5.82 Å². The van der Waals surface area contributed by atoms with Gasteiger partial charge in [0.1, 0.15) is 11.9 Å². The number of imidazole rings is 1. The molecule has 78 valence electrons. The second-order valence-electron chi connectivity index (χ2n) is 2.99. The quantitative estimate of drug-likeness (QED) is 0.688. The van der Waals surface area contributed by atoms with Crippen LogP contribution in [0.15, 0.2) is 12.4 Å². The number of esters is 1. The Morgan fingerprint density at radius 1 is 1.79 bits per heavy atom. The maximum atomic E-state index is 11.3. The Bertz CT molecular complexity index is 309. The van der Waals surface area contributed by atoms with Crippen molar-refractivity contribution in [1.82, 2.24) is 14.9 Å². The SMILES string of the molecule is CNC(Cn1ccnc1C)C(=O)OC. The molecule has 1 aromatic rings. The largest absolute Gasteiger partial charge is 0.468 e. The van der Waals surface area contributed by atoms with E-state index in [0.717, 1.165) is 5.82 Å². The van der Waals surface area contributed by atoms with E-state index in [9.17, 15) is 4.79 Å². The van der Waals surface area contributed by atoms with Crippen molar-refractivity contribution >= 4 is 5.97 Å². The molecule has 5 heteroatoms. The Morgan fingerprint density at radius 2 is 2.50 bits per heavy atom. The van der Waals surface area contributed by atoms with Crippen LogP contribution in [0.25, 0.3) is 0 Å². The van der Waals surface area contributed by atoms with Crippen LogP contribution in [0, 0.1) is 6.92 Å². The van der Waals surface area contributed by atoms with Crippen molar-refractivity contribution in [3.8, 4) is 0 Å². The van der Waals surface area contributed by atoms with Gasteiger partial charge in [-0.1, -0.05) is 0 Å². The molecule has 1 aromatic heterocycles. The first-order valence-electron chi connectivity index (χ1n) is 4.42. The van der Waals surface area contributed by atoms with Gasteiger partial charge in [-0.25, -0.2) is 4.98 Å². The third-order valence-electron chi connectivity index (χ3n) is 2.14. The van der Waals surface area contributed by atoms with Crippen LogP contribution in [0.3, 0.4) is 0 Å². The number of nitrogens with zero attached hydrogens (tertiary/aromatic N) is 2. The first kappa shape index (κ1) is 10.7. The number of carbonyl (C=O) groups is 1. The van der Waals surface area contributed by atoms with E-state index in [0.29, 0.717) is 6.54 Å². The number of hydrogen-bond acceptors (Lipinski definition) is 4. The molecule has 0 fully saturated rings. The highest BCUT2D eigenvalue weighted by Crippen LogP contribution is 1.99. The van der Waals surface area contributed by atoms with Crippen LogP contribution in [0.2, 0.25) is 0 Å². The predicted molar refractivity (Wildman–Crippen MR) is 51.8 cm³/mol. The zero-order valence-corrected chi connectivity index (χ0v) is 8.65. The van der Waals surface area contributed by atoms with Crippen molar-refractivity contribution in [2.45, 2.75) is 19.5 Å². The number of rotatable bonds is 4. The molecule has 0 spiro atoms. The molecule has 0 aliphatic rings. The Kier molecular flexibility index (Phi) is 3.64. The second-order valence-corrected chi connectivity index (χ2v) is 2.99. The van der Waals surface area contributed by atoms with Gasteiger partial charge >= 0.3 is 5.97 Å². The maximum absolute atomic E-state index is 11.3. The standard InChI is InChI=1S/C9H15N3O2/c1-7-11-4-5-12(7)6-8(10-2)9(13)14-3/h4-5,8,10H,6H2,1-3H3. The fourth-order valence-electron chi connectivity index (χ4n) is 1.22. The molecule has 1 atom stereocenters. The van der Waals surface area contributed by atoms with Gasteiger partial charge in [0.05, 0.1) is 7.11 Å². The van der Waals surface area contributed by atoms with E-state index in [2.05, 4.69) is 15.0 Å². The molecule has 0 saturated carbocycles. The Hall–Kier alpha value is -1.36. The highest BCUT2D eigenvalue weighted by Gasteiger charge is 2.17. The van der Waals surface area contributed by atoms with E-state index >= 15 is 0 Å². The first-order valence-corrected chi connectivity index (χ1v) is 4.42. The summed E-state index contributed by atoms with van der Waals surface area (Å²) in [5.74, 6) is 0.620. The monoisotopic (exact) mass is 197 g/mol. The molecule has 14 heavy (non-hydrogen) atoms. The number of aryl methyl sites for hydroxylation is 1. The number of ether oxygens (including phenoxy) is 1. The number of carbonyl (C=O) groups excluding carboxylic acids is 1. The summed E-state index contributed by atoms with van der Waals surface area (Å²) in [6.45, 7) is 2.43. The number of aromatic nitrogens is 2. The lowest BCUT2D eigenvalue weighted by Crippen LogP contribution is -2.38. The summed E-state index contributed by atoms with van der Waals surface area (Å²) in [7, 11) is 3.11. The molecule has 1 rings (SSSR count). The zero-order chi connectivity index (χ0) is 10.6. The first-order chi connectivity index (χ1) is 6.69. The number of methoxy groups -OCH3 is 1. The van der Waals surface area contributed by atoms with Crippen molar-refractivity contribution in [3.63, 3.8) is 0 Å². The van der Waals surface area contributed by atoms with Crippen molar-refractivity contribution in [2.24, 2.45) is 0 Å². The summed E-state index contributed by atoms with van der Waals surface area (Å²) in [6, 6.07) is -0.326. The average Bonchev–Trinajstić information content (AvgIpc) is 2.59. The molecule has 1 N–H and O–H groups in total. The summed E-state index contributed by atoms with van der Waals surface area (Å²) >= 11 is 0. The molecular formula is C9H15N3O2. The predicted octanol–water partition coefficient (Wildman–Crippen LogP) is -0.0475. The lowest BCUT2D eigenvalue weighted by molar-refractivity contribution is -0.143. The average molecular weight is 197 g/mol. The van der Waals surface area contributed by atoms with E-state index in [1.54, 1.807) is 13.2 Å². The summed E-state index contributed by atoms with van der Waals surface area (Å²) in [5, 5.41) is 2.90. The molecule has 0 bridgehead atoms. The van der Waals surface area contributed by atoms with E-state index in [1.807, 2.05) is 17.7 Å². The van der Waals surface area contributed by atoms with Gasteiger partial charge in [-0.3, -0.25) is 4.79 Å². The van der Waals surface area contributed by atoms with Crippen molar-refractivity contribution in [3.05, 3.63) is 18.2 Å². The van der Waals surface area contributed by atoms with Crippen molar-refractivity contribution < 1.29 is 9.53 Å². The van der Waals surface area contributed by atoms with Gasteiger partial charge in [0.25, 0.3) is 0 Å². The molecule has 1 heterocycles. The summed E-state index contributed by atoms with van der Waals surface area (Å²) in [4.78, 5) is 15.3. The van der Waals surface area contributed by atoms with Crippen LogP contribution < -0.4 is 5.32 Å².